The molecular weight excluding hydrogens is 485 g/mol. The van der Waals surface area contributed by atoms with Crippen LogP contribution in [0.4, 0.5) is 13.2 Å². The molecule has 1 saturated carbocycles. The van der Waals surface area contributed by atoms with Crippen LogP contribution >= 0.6 is 0 Å². The zero-order valence-electron chi connectivity index (χ0n) is 21.9. The number of carbonyl (C=O) groups excluding carboxylic acids is 1. The van der Waals surface area contributed by atoms with Gasteiger partial charge in [0, 0.05) is 17.7 Å². The van der Waals surface area contributed by atoms with E-state index >= 15 is 0 Å². The normalized spacial score (nSPS) is 24.2. The van der Waals surface area contributed by atoms with E-state index in [9.17, 15) is 18.0 Å². The Morgan fingerprint density at radius 3 is 2.38 bits per heavy atom. The van der Waals surface area contributed by atoms with Crippen LogP contribution in [0.3, 0.4) is 0 Å². The van der Waals surface area contributed by atoms with Crippen molar-refractivity contribution in [3.63, 3.8) is 0 Å². The Bertz CT molecular complexity index is 1110. The number of halogens is 3. The fraction of sp³-hybridized carbons (Fsp3) is 0.571. The number of alkyl halides is 3. The van der Waals surface area contributed by atoms with E-state index in [2.05, 4.69) is 16.4 Å². The molecule has 1 N–H and O–H groups in total. The number of methoxy groups -OCH3 is 1. The maximum atomic E-state index is 13.4. The quantitative estimate of drug-likeness (QED) is 0.443. The lowest BCUT2D eigenvalue weighted by atomic mass is 9.73. The van der Waals surface area contributed by atoms with Gasteiger partial charge >= 0.3 is 12.1 Å². The van der Waals surface area contributed by atoms with Gasteiger partial charge in [0.25, 0.3) is 0 Å². The Kier molecular flexibility index (Phi) is 7.85. The lowest BCUT2D eigenvalue weighted by Gasteiger charge is -2.35. The minimum atomic E-state index is -4.54. The Morgan fingerprint density at radius 2 is 1.81 bits per heavy atom. The van der Waals surface area contributed by atoms with Gasteiger partial charge in [-0.1, -0.05) is 45.0 Å². The van der Waals surface area contributed by atoms with E-state index in [1.165, 1.54) is 12.7 Å². The van der Waals surface area contributed by atoms with Crippen molar-refractivity contribution in [2.24, 2.45) is 11.3 Å². The third-order valence-electron chi connectivity index (χ3n) is 7.17. The van der Waals surface area contributed by atoms with Gasteiger partial charge in [-0.2, -0.15) is 13.2 Å². The Hall–Kier alpha value is -2.65. The predicted octanol–water partition coefficient (Wildman–Crippen LogP) is 5.81. The molecule has 2 aliphatic rings. The average molecular weight is 521 g/mol. The summed E-state index contributed by atoms with van der Waals surface area (Å²) in [5.41, 5.74) is 1.20. The number of esters is 1. The topological polar surface area (TPSA) is 69.7 Å². The molecule has 1 saturated heterocycles. The van der Waals surface area contributed by atoms with Crippen LogP contribution in [0.2, 0.25) is 0 Å². The minimum Gasteiger partial charge on any atom is -0.481 e. The third kappa shape index (κ3) is 5.93. The first-order chi connectivity index (χ1) is 17.5. The van der Waals surface area contributed by atoms with Crippen molar-refractivity contribution in [1.82, 2.24) is 10.3 Å². The summed E-state index contributed by atoms with van der Waals surface area (Å²) in [4.78, 5) is 16.9. The number of hydrogen-bond donors (Lipinski definition) is 1. The van der Waals surface area contributed by atoms with Gasteiger partial charge in [0.2, 0.25) is 5.88 Å². The summed E-state index contributed by atoms with van der Waals surface area (Å²) >= 11 is 0. The van der Waals surface area contributed by atoms with Gasteiger partial charge in [-0.25, -0.2) is 4.98 Å². The van der Waals surface area contributed by atoms with E-state index in [4.69, 9.17) is 14.2 Å². The summed E-state index contributed by atoms with van der Waals surface area (Å²) in [6.07, 6.45) is -2.10. The van der Waals surface area contributed by atoms with Crippen LogP contribution < -0.4 is 10.1 Å². The molecule has 2 aromatic rings. The lowest BCUT2D eigenvalue weighted by Crippen LogP contribution is -2.44. The molecule has 0 unspecified atom stereocenters. The van der Waals surface area contributed by atoms with Crippen LogP contribution in [0.5, 0.6) is 5.88 Å². The lowest BCUT2D eigenvalue weighted by molar-refractivity contribution is -0.148. The van der Waals surface area contributed by atoms with Gasteiger partial charge in [-0.05, 0) is 48.3 Å². The Morgan fingerprint density at radius 1 is 1.14 bits per heavy atom. The highest BCUT2D eigenvalue weighted by Crippen LogP contribution is 2.49. The fourth-order valence-corrected chi connectivity index (χ4v) is 5.38. The minimum absolute atomic E-state index is 0.0724. The third-order valence-corrected chi connectivity index (χ3v) is 7.17. The Balaban J connectivity index is 1.73. The molecule has 1 aliphatic carbocycles. The van der Waals surface area contributed by atoms with Gasteiger partial charge < -0.3 is 14.2 Å². The number of pyridine rings is 1. The molecule has 2 fully saturated rings. The summed E-state index contributed by atoms with van der Waals surface area (Å²) < 4.78 is 57.3. The van der Waals surface area contributed by atoms with E-state index in [-0.39, 0.29) is 48.0 Å². The van der Waals surface area contributed by atoms with Gasteiger partial charge in [0.05, 0.1) is 38.0 Å². The van der Waals surface area contributed by atoms with Crippen LogP contribution in [0, 0.1) is 11.3 Å². The Labute approximate surface area is 215 Å². The van der Waals surface area contributed by atoms with E-state index < -0.39 is 23.9 Å². The summed E-state index contributed by atoms with van der Waals surface area (Å²) in [6, 6.07) is 8.14. The first-order valence-corrected chi connectivity index (χ1v) is 12.7. The number of ether oxygens (including phenoxy) is 3. The number of carbonyl (C=O) groups is 1. The molecule has 1 aromatic heterocycles. The van der Waals surface area contributed by atoms with Crippen LogP contribution in [0.15, 0.2) is 36.5 Å². The van der Waals surface area contributed by atoms with Crippen LogP contribution in [0.1, 0.15) is 74.8 Å². The summed E-state index contributed by atoms with van der Waals surface area (Å²) in [5, 5.41) is 3.50. The highest BCUT2D eigenvalue weighted by Gasteiger charge is 2.53. The number of hydrogen-bond acceptors (Lipinski definition) is 6. The SMILES string of the molecule is CCOC(=O)[C@H]1N[C@@H](c2ccccc2C2CC2)[C@@H](OCc2cc(C(F)(F)F)cnc2OC)[C@@H]1C(C)(C)C. The van der Waals surface area contributed by atoms with Crippen LogP contribution in [-0.4, -0.2) is 36.8 Å². The van der Waals surface area contributed by atoms with Crippen molar-refractivity contribution >= 4 is 5.97 Å². The number of nitrogens with zero attached hydrogens (tertiary/aromatic N) is 1. The summed E-state index contributed by atoms with van der Waals surface area (Å²) in [5.74, 6) is -0.140. The number of aromatic nitrogens is 1. The predicted molar refractivity (Wildman–Crippen MR) is 132 cm³/mol. The van der Waals surface area contributed by atoms with Gasteiger partial charge in [0.1, 0.15) is 6.04 Å². The second-order valence-electron chi connectivity index (χ2n) is 10.8. The monoisotopic (exact) mass is 520 g/mol. The molecule has 0 radical (unpaired) electrons. The maximum absolute atomic E-state index is 13.4. The summed E-state index contributed by atoms with van der Waals surface area (Å²) in [6.45, 7) is 7.95. The maximum Gasteiger partial charge on any atom is 0.417 e. The molecule has 9 heteroatoms. The molecule has 4 atom stereocenters. The molecule has 0 bridgehead atoms. The van der Waals surface area contributed by atoms with E-state index in [0.29, 0.717) is 5.92 Å². The standard InChI is InChI=1S/C28H35F3N2O4/c1-6-36-26(34)23-21(27(2,3)4)24(22(33-23)20-10-8-7-9-19(20)16-11-12-16)37-15-17-13-18(28(29,30)31)14-32-25(17)35-5/h7-10,13-14,16,21-24,33H,6,11-12,15H2,1-5H3/t21-,22+,23+,24+/m1/s1. The number of rotatable bonds is 8. The van der Waals surface area contributed by atoms with Gasteiger partial charge in [-0.3, -0.25) is 10.1 Å². The van der Waals surface area contributed by atoms with E-state index in [1.807, 2.05) is 39.0 Å². The molecule has 2 heterocycles. The molecule has 1 aromatic carbocycles. The first kappa shape index (κ1) is 27.4. The smallest absolute Gasteiger partial charge is 0.417 e. The average Bonchev–Trinajstić information content (AvgIpc) is 3.61. The number of benzene rings is 1. The second kappa shape index (κ2) is 10.6. The molecule has 37 heavy (non-hydrogen) atoms. The number of nitrogens with one attached hydrogen (secondary N) is 1. The van der Waals surface area contributed by atoms with Crippen LogP contribution in [0.25, 0.3) is 0 Å². The molecule has 202 valence electrons. The zero-order valence-corrected chi connectivity index (χ0v) is 21.9. The highest BCUT2D eigenvalue weighted by molar-refractivity contribution is 5.77. The largest absolute Gasteiger partial charge is 0.481 e. The van der Waals surface area contributed by atoms with Crippen molar-refractivity contribution in [1.29, 1.82) is 0 Å². The van der Waals surface area contributed by atoms with Crippen molar-refractivity contribution in [3.05, 3.63) is 58.8 Å². The first-order valence-electron chi connectivity index (χ1n) is 12.7. The van der Waals surface area contributed by atoms with Crippen molar-refractivity contribution in [2.75, 3.05) is 13.7 Å². The van der Waals surface area contributed by atoms with Gasteiger partial charge in [0.15, 0.2) is 0 Å². The second-order valence-corrected chi connectivity index (χ2v) is 10.8. The highest BCUT2D eigenvalue weighted by atomic mass is 19.4. The van der Waals surface area contributed by atoms with Crippen molar-refractivity contribution < 1.29 is 32.2 Å². The molecule has 0 spiro atoms. The molecule has 0 amide bonds. The van der Waals surface area contributed by atoms with E-state index in [1.54, 1.807) is 6.92 Å². The van der Waals surface area contributed by atoms with Gasteiger partial charge in [-0.15, -0.1) is 0 Å². The van der Waals surface area contributed by atoms with Crippen molar-refractivity contribution in [2.45, 2.75) is 77.4 Å². The molecular formula is C28H35F3N2O4. The fourth-order valence-electron chi connectivity index (χ4n) is 5.38. The molecule has 6 nitrogen and oxygen atoms in total. The zero-order chi connectivity index (χ0) is 27.0. The van der Waals surface area contributed by atoms with Crippen molar-refractivity contribution in [3.8, 4) is 5.88 Å². The van der Waals surface area contributed by atoms with Crippen LogP contribution in [-0.2, 0) is 27.1 Å². The molecule has 1 aliphatic heterocycles. The summed E-state index contributed by atoms with van der Waals surface area (Å²) in [7, 11) is 1.36. The molecule has 4 rings (SSSR count). The van der Waals surface area contributed by atoms with E-state index in [0.717, 1.165) is 30.7 Å².